The molecule has 10 heteroatoms. The molecule has 0 saturated heterocycles. The van der Waals surface area contributed by atoms with Crippen LogP contribution in [0.2, 0.25) is 0 Å². The van der Waals surface area contributed by atoms with Crippen LogP contribution in [-0.2, 0) is 24.0 Å². The Morgan fingerprint density at radius 3 is 2.38 bits per heavy atom. The number of halogens is 3. The van der Waals surface area contributed by atoms with E-state index in [2.05, 4.69) is 0 Å². The van der Waals surface area contributed by atoms with Gasteiger partial charge < -0.3 is 19.3 Å². The third-order valence-corrected chi connectivity index (χ3v) is 6.93. The van der Waals surface area contributed by atoms with E-state index < -0.39 is 23.8 Å². The number of aromatic nitrogens is 1. The predicted molar refractivity (Wildman–Crippen MR) is 131 cm³/mol. The topological polar surface area (TPSA) is 77.9 Å². The molecule has 37 heavy (non-hydrogen) atoms. The lowest BCUT2D eigenvalue weighted by molar-refractivity contribution is -0.144. The summed E-state index contributed by atoms with van der Waals surface area (Å²) in [5.41, 5.74) is 2.04. The van der Waals surface area contributed by atoms with E-state index >= 15 is 0 Å². The Bertz CT molecular complexity index is 1430. The van der Waals surface area contributed by atoms with E-state index in [0.717, 1.165) is 23.3 Å². The number of rotatable bonds is 7. The van der Waals surface area contributed by atoms with Crippen LogP contribution >= 0.6 is 11.3 Å². The van der Waals surface area contributed by atoms with Crippen molar-refractivity contribution in [1.82, 2.24) is 4.98 Å². The van der Waals surface area contributed by atoms with Crippen molar-refractivity contribution in [2.24, 2.45) is 0 Å². The number of thiazole rings is 1. The largest absolute Gasteiger partial charge is 0.497 e. The van der Waals surface area contributed by atoms with Gasteiger partial charge >= 0.3 is 12.1 Å². The van der Waals surface area contributed by atoms with Gasteiger partial charge in [0.05, 0.1) is 23.2 Å². The maximum atomic E-state index is 13.1. The second kappa shape index (κ2) is 9.78. The third kappa shape index (κ3) is 5.24. The van der Waals surface area contributed by atoms with Crippen molar-refractivity contribution in [1.29, 1.82) is 0 Å². The summed E-state index contributed by atoms with van der Waals surface area (Å²) in [6, 6.07) is 17.4. The SMILES string of the molecule is COc1ccc(-c2nc(COc3ccc4c(c3)CC(C(=O)O)O4)sc2-c2ccc(C(F)(F)F)cc2)cc1. The van der Waals surface area contributed by atoms with Crippen LogP contribution in [0.1, 0.15) is 16.1 Å². The lowest BCUT2D eigenvalue weighted by atomic mass is 10.1. The third-order valence-electron chi connectivity index (χ3n) is 5.85. The van der Waals surface area contributed by atoms with Crippen molar-refractivity contribution in [2.75, 3.05) is 7.11 Å². The van der Waals surface area contributed by atoms with E-state index in [4.69, 9.17) is 19.2 Å². The first kappa shape index (κ1) is 24.6. The van der Waals surface area contributed by atoms with E-state index in [1.54, 1.807) is 37.4 Å². The average Bonchev–Trinajstić information content (AvgIpc) is 3.51. The van der Waals surface area contributed by atoms with E-state index in [-0.39, 0.29) is 13.0 Å². The Balaban J connectivity index is 1.42. The summed E-state index contributed by atoms with van der Waals surface area (Å²) >= 11 is 1.33. The average molecular weight is 528 g/mol. The van der Waals surface area contributed by atoms with Gasteiger partial charge in [-0.25, -0.2) is 9.78 Å². The number of fused-ring (bicyclic) bond motifs is 1. The first-order chi connectivity index (χ1) is 17.7. The Morgan fingerprint density at radius 2 is 1.73 bits per heavy atom. The highest BCUT2D eigenvalue weighted by molar-refractivity contribution is 7.15. The molecule has 6 nitrogen and oxygen atoms in total. The quantitative estimate of drug-likeness (QED) is 0.297. The molecule has 1 aliphatic heterocycles. The zero-order valence-electron chi connectivity index (χ0n) is 19.4. The lowest BCUT2D eigenvalue weighted by Gasteiger charge is -2.08. The minimum absolute atomic E-state index is 0.121. The summed E-state index contributed by atoms with van der Waals surface area (Å²) in [6.45, 7) is 0.121. The van der Waals surface area contributed by atoms with Crippen LogP contribution in [0.3, 0.4) is 0 Å². The van der Waals surface area contributed by atoms with Gasteiger partial charge in [-0.3, -0.25) is 0 Å². The van der Waals surface area contributed by atoms with E-state index in [1.807, 2.05) is 12.1 Å². The fraction of sp³-hybridized carbons (Fsp3) is 0.185. The van der Waals surface area contributed by atoms with Gasteiger partial charge in [0.1, 0.15) is 28.9 Å². The standard InChI is InChI=1S/C27H20F3NO5S/c1-34-19-8-4-15(5-9-19)24-25(16-2-6-18(7-3-16)27(28,29)30)37-23(31-24)14-35-20-10-11-21-17(12-20)13-22(36-21)26(32)33/h2-12,22H,13-14H2,1H3,(H,32,33). The van der Waals surface area contributed by atoms with Crippen molar-refractivity contribution in [3.63, 3.8) is 0 Å². The summed E-state index contributed by atoms with van der Waals surface area (Å²) in [7, 11) is 1.56. The van der Waals surface area contributed by atoms with Crippen LogP contribution in [0.5, 0.6) is 17.2 Å². The second-order valence-corrected chi connectivity index (χ2v) is 9.38. The van der Waals surface area contributed by atoms with Gasteiger partial charge in [0.2, 0.25) is 0 Å². The second-order valence-electron chi connectivity index (χ2n) is 8.30. The number of aliphatic carboxylic acids is 1. The highest BCUT2D eigenvalue weighted by Crippen LogP contribution is 2.39. The molecular formula is C27H20F3NO5S. The monoisotopic (exact) mass is 527 g/mol. The van der Waals surface area contributed by atoms with Gasteiger partial charge in [0.25, 0.3) is 0 Å². The van der Waals surface area contributed by atoms with Crippen molar-refractivity contribution < 1.29 is 37.3 Å². The molecule has 5 rings (SSSR count). The van der Waals surface area contributed by atoms with E-state index in [1.165, 1.54) is 23.5 Å². The number of nitrogens with zero attached hydrogens (tertiary/aromatic N) is 1. The molecule has 2 heterocycles. The molecule has 1 N–H and O–H groups in total. The smallest absolute Gasteiger partial charge is 0.416 e. The molecule has 0 radical (unpaired) electrons. The number of ether oxygens (including phenoxy) is 3. The highest BCUT2D eigenvalue weighted by atomic mass is 32.1. The zero-order valence-corrected chi connectivity index (χ0v) is 20.2. The number of hydrogen-bond donors (Lipinski definition) is 1. The maximum Gasteiger partial charge on any atom is 0.416 e. The van der Waals surface area contributed by atoms with E-state index in [9.17, 15) is 23.1 Å². The van der Waals surface area contributed by atoms with E-state index in [0.29, 0.717) is 38.4 Å². The number of carboxylic acid groups (broad SMARTS) is 1. The van der Waals surface area contributed by atoms with Crippen LogP contribution in [0.15, 0.2) is 66.7 Å². The van der Waals surface area contributed by atoms with Gasteiger partial charge in [-0.2, -0.15) is 13.2 Å². The van der Waals surface area contributed by atoms with Crippen LogP contribution in [-0.4, -0.2) is 29.3 Å². The molecule has 190 valence electrons. The molecule has 1 atom stereocenters. The fourth-order valence-corrected chi connectivity index (χ4v) is 4.98. The van der Waals surface area contributed by atoms with Gasteiger partial charge in [-0.1, -0.05) is 12.1 Å². The first-order valence-electron chi connectivity index (χ1n) is 11.2. The molecule has 0 amide bonds. The van der Waals surface area contributed by atoms with Gasteiger partial charge in [0, 0.05) is 17.5 Å². The predicted octanol–water partition coefficient (Wildman–Crippen LogP) is 6.47. The molecule has 0 aliphatic carbocycles. The van der Waals surface area contributed by atoms with Crippen molar-refractivity contribution in [2.45, 2.75) is 25.3 Å². The number of carboxylic acids is 1. The molecule has 1 aromatic heterocycles. The normalized spacial score (nSPS) is 14.6. The van der Waals surface area contributed by atoms with Gasteiger partial charge in [-0.05, 0) is 60.2 Å². The van der Waals surface area contributed by atoms with Crippen LogP contribution < -0.4 is 14.2 Å². The molecule has 3 aromatic carbocycles. The number of hydrogen-bond acceptors (Lipinski definition) is 6. The summed E-state index contributed by atoms with van der Waals surface area (Å²) in [4.78, 5) is 16.7. The number of alkyl halides is 3. The number of carbonyl (C=O) groups is 1. The molecule has 0 bridgehead atoms. The maximum absolute atomic E-state index is 13.1. The van der Waals surface area contributed by atoms with Crippen molar-refractivity contribution in [3.05, 3.63) is 82.9 Å². The Morgan fingerprint density at radius 1 is 1.05 bits per heavy atom. The Labute approximate surface area is 213 Å². The molecule has 0 saturated carbocycles. The molecule has 0 fully saturated rings. The van der Waals surface area contributed by atoms with Crippen molar-refractivity contribution in [3.8, 4) is 38.9 Å². The van der Waals surface area contributed by atoms with Gasteiger partial charge in [0.15, 0.2) is 6.10 Å². The molecule has 4 aromatic rings. The lowest BCUT2D eigenvalue weighted by Crippen LogP contribution is -2.24. The summed E-state index contributed by atoms with van der Waals surface area (Å²) in [6.07, 6.45) is -5.09. The molecule has 1 unspecified atom stereocenters. The summed E-state index contributed by atoms with van der Waals surface area (Å²) in [5.74, 6) is 0.693. The summed E-state index contributed by atoms with van der Waals surface area (Å²) < 4.78 is 55.8. The van der Waals surface area contributed by atoms with Crippen LogP contribution in [0.4, 0.5) is 13.2 Å². The fourth-order valence-electron chi connectivity index (χ4n) is 3.97. The van der Waals surface area contributed by atoms with Crippen LogP contribution in [0, 0.1) is 0 Å². The summed E-state index contributed by atoms with van der Waals surface area (Å²) in [5, 5.41) is 9.81. The molecule has 1 aliphatic rings. The zero-order chi connectivity index (χ0) is 26.2. The minimum atomic E-state index is -4.42. The first-order valence-corrected chi connectivity index (χ1v) is 12.0. The van der Waals surface area contributed by atoms with Crippen LogP contribution in [0.25, 0.3) is 21.7 Å². The highest BCUT2D eigenvalue weighted by Gasteiger charge is 2.31. The Kier molecular flexibility index (Phi) is 6.51. The van der Waals surface area contributed by atoms with Gasteiger partial charge in [-0.15, -0.1) is 11.3 Å². The molecule has 0 spiro atoms. The number of methoxy groups -OCH3 is 1. The number of benzene rings is 3. The molecular weight excluding hydrogens is 507 g/mol. The van der Waals surface area contributed by atoms with Crippen molar-refractivity contribution >= 4 is 17.3 Å². The minimum Gasteiger partial charge on any atom is -0.497 e. The Hall–Kier alpha value is -4.05.